The van der Waals surface area contributed by atoms with Crippen LogP contribution < -0.4 is 0 Å². The Morgan fingerprint density at radius 2 is 2.00 bits per heavy atom. The first-order valence-electron chi connectivity index (χ1n) is 3.74. The molecule has 0 aromatic heterocycles. The Bertz CT molecular complexity index is 263. The normalized spacial score (nSPS) is 9.75. The van der Waals surface area contributed by atoms with Gasteiger partial charge in [-0.25, -0.2) is 0 Å². The average Bonchev–Trinajstić information content (AvgIpc) is 2.06. The molecule has 0 spiro atoms. The van der Waals surface area contributed by atoms with Crippen molar-refractivity contribution in [3.05, 3.63) is 35.9 Å². The van der Waals surface area contributed by atoms with E-state index in [0.29, 0.717) is 6.54 Å². The SMILES string of the molecule is C#CCN(O)Cc1ccccc1. The van der Waals surface area contributed by atoms with Crippen molar-refractivity contribution in [2.24, 2.45) is 0 Å². The van der Waals surface area contributed by atoms with Gasteiger partial charge >= 0.3 is 0 Å². The van der Waals surface area contributed by atoms with Crippen LogP contribution in [0.1, 0.15) is 5.56 Å². The summed E-state index contributed by atoms with van der Waals surface area (Å²) >= 11 is 0. The van der Waals surface area contributed by atoms with Gasteiger partial charge in [-0.2, -0.15) is 5.06 Å². The number of hydroxylamine groups is 2. The molecule has 0 aliphatic rings. The van der Waals surface area contributed by atoms with E-state index in [-0.39, 0.29) is 6.54 Å². The lowest BCUT2D eigenvalue weighted by molar-refractivity contribution is -0.0867. The van der Waals surface area contributed by atoms with Crippen LogP contribution in [0.2, 0.25) is 0 Å². The van der Waals surface area contributed by atoms with E-state index in [1.165, 1.54) is 0 Å². The Labute approximate surface area is 72.4 Å². The molecule has 2 nitrogen and oxygen atoms in total. The van der Waals surface area contributed by atoms with Crippen LogP contribution in [0.15, 0.2) is 30.3 Å². The third-order valence-electron chi connectivity index (χ3n) is 1.48. The summed E-state index contributed by atoms with van der Waals surface area (Å²) in [5.74, 6) is 2.36. The van der Waals surface area contributed by atoms with Crippen molar-refractivity contribution in [2.75, 3.05) is 6.54 Å². The molecule has 0 fully saturated rings. The standard InChI is InChI=1S/C10H11NO/c1-2-8-11(12)9-10-6-4-3-5-7-10/h1,3-7,12H,8-9H2. The lowest BCUT2D eigenvalue weighted by Crippen LogP contribution is -2.18. The van der Waals surface area contributed by atoms with Crippen LogP contribution >= 0.6 is 0 Å². The molecule has 0 amide bonds. The summed E-state index contributed by atoms with van der Waals surface area (Å²) in [6, 6.07) is 9.68. The Kier molecular flexibility index (Phi) is 3.34. The van der Waals surface area contributed by atoms with Crippen LogP contribution in [-0.2, 0) is 6.54 Å². The number of nitrogens with zero attached hydrogens (tertiary/aromatic N) is 1. The van der Waals surface area contributed by atoms with Crippen molar-refractivity contribution in [1.29, 1.82) is 0 Å². The fraction of sp³-hybridized carbons (Fsp3) is 0.200. The van der Waals surface area contributed by atoms with Gasteiger partial charge < -0.3 is 5.21 Å². The van der Waals surface area contributed by atoms with Crippen LogP contribution in [-0.4, -0.2) is 16.8 Å². The zero-order valence-corrected chi connectivity index (χ0v) is 6.77. The van der Waals surface area contributed by atoms with E-state index in [0.717, 1.165) is 10.6 Å². The maximum atomic E-state index is 9.19. The summed E-state index contributed by atoms with van der Waals surface area (Å²) in [6.45, 7) is 0.736. The molecule has 62 valence electrons. The second kappa shape index (κ2) is 4.55. The monoisotopic (exact) mass is 161 g/mol. The fourth-order valence-corrected chi connectivity index (χ4v) is 0.955. The van der Waals surface area contributed by atoms with E-state index in [1.807, 2.05) is 30.3 Å². The smallest absolute Gasteiger partial charge is 0.0850 e. The maximum absolute atomic E-state index is 9.19. The van der Waals surface area contributed by atoms with Gasteiger partial charge in [0.25, 0.3) is 0 Å². The second-order valence-electron chi connectivity index (χ2n) is 2.51. The molecule has 0 unspecified atom stereocenters. The molecule has 1 aromatic rings. The van der Waals surface area contributed by atoms with Crippen molar-refractivity contribution >= 4 is 0 Å². The second-order valence-corrected chi connectivity index (χ2v) is 2.51. The van der Waals surface area contributed by atoms with Crippen LogP contribution in [0, 0.1) is 12.3 Å². The number of terminal acetylenes is 1. The first-order valence-corrected chi connectivity index (χ1v) is 3.74. The Morgan fingerprint density at radius 3 is 2.58 bits per heavy atom. The summed E-state index contributed by atoms with van der Waals surface area (Å²) in [5, 5.41) is 10.3. The van der Waals surface area contributed by atoms with E-state index >= 15 is 0 Å². The highest BCUT2D eigenvalue weighted by Gasteiger charge is 1.97. The van der Waals surface area contributed by atoms with Crippen LogP contribution in [0.5, 0.6) is 0 Å². The van der Waals surface area contributed by atoms with Gasteiger partial charge in [-0.1, -0.05) is 36.3 Å². The topological polar surface area (TPSA) is 23.5 Å². The largest absolute Gasteiger partial charge is 0.313 e. The maximum Gasteiger partial charge on any atom is 0.0850 e. The third kappa shape index (κ3) is 2.75. The Morgan fingerprint density at radius 1 is 1.33 bits per heavy atom. The molecule has 0 saturated heterocycles. The molecule has 1 rings (SSSR count). The Hall–Kier alpha value is -1.30. The van der Waals surface area contributed by atoms with Crippen molar-refractivity contribution in [1.82, 2.24) is 5.06 Å². The van der Waals surface area contributed by atoms with Gasteiger partial charge in [0.2, 0.25) is 0 Å². The highest BCUT2D eigenvalue weighted by molar-refractivity contribution is 5.14. The molecular formula is C10H11NO. The zero-order chi connectivity index (χ0) is 8.81. The van der Waals surface area contributed by atoms with Crippen molar-refractivity contribution in [3.63, 3.8) is 0 Å². The lowest BCUT2D eigenvalue weighted by atomic mass is 10.2. The first-order chi connectivity index (χ1) is 5.83. The van der Waals surface area contributed by atoms with Crippen molar-refractivity contribution < 1.29 is 5.21 Å². The van der Waals surface area contributed by atoms with Crippen molar-refractivity contribution in [3.8, 4) is 12.3 Å². The van der Waals surface area contributed by atoms with Crippen molar-refractivity contribution in [2.45, 2.75) is 6.54 Å². The number of benzene rings is 1. The molecule has 1 N–H and O–H groups in total. The predicted octanol–water partition coefficient (Wildman–Crippen LogP) is 1.51. The van der Waals surface area contributed by atoms with E-state index < -0.39 is 0 Å². The predicted molar refractivity (Wildman–Crippen MR) is 47.5 cm³/mol. The minimum Gasteiger partial charge on any atom is -0.313 e. The molecule has 0 aliphatic heterocycles. The number of hydrogen-bond acceptors (Lipinski definition) is 2. The van der Waals surface area contributed by atoms with E-state index in [9.17, 15) is 5.21 Å². The highest BCUT2D eigenvalue weighted by atomic mass is 16.5. The number of rotatable bonds is 3. The average molecular weight is 161 g/mol. The van der Waals surface area contributed by atoms with Gasteiger partial charge in [0.1, 0.15) is 0 Å². The fourth-order valence-electron chi connectivity index (χ4n) is 0.955. The molecule has 2 heteroatoms. The minimum absolute atomic E-state index is 0.259. The molecule has 0 aliphatic carbocycles. The van der Waals surface area contributed by atoms with Crippen LogP contribution in [0.4, 0.5) is 0 Å². The van der Waals surface area contributed by atoms with Gasteiger partial charge in [0.15, 0.2) is 0 Å². The van der Waals surface area contributed by atoms with Gasteiger partial charge in [-0.3, -0.25) is 0 Å². The van der Waals surface area contributed by atoms with Crippen LogP contribution in [0.3, 0.4) is 0 Å². The van der Waals surface area contributed by atoms with E-state index in [2.05, 4.69) is 5.92 Å². The van der Waals surface area contributed by atoms with E-state index in [1.54, 1.807) is 0 Å². The van der Waals surface area contributed by atoms with E-state index in [4.69, 9.17) is 6.42 Å². The molecule has 0 bridgehead atoms. The minimum atomic E-state index is 0.259. The molecule has 1 aromatic carbocycles. The molecule has 12 heavy (non-hydrogen) atoms. The van der Waals surface area contributed by atoms with Gasteiger partial charge in [0.05, 0.1) is 6.54 Å². The van der Waals surface area contributed by atoms with Gasteiger partial charge in [-0.15, -0.1) is 6.42 Å². The molecular weight excluding hydrogens is 150 g/mol. The van der Waals surface area contributed by atoms with Gasteiger partial charge in [-0.05, 0) is 5.56 Å². The summed E-state index contributed by atoms with van der Waals surface area (Å²) in [4.78, 5) is 0. The molecule has 0 radical (unpaired) electrons. The summed E-state index contributed by atoms with van der Waals surface area (Å²) in [7, 11) is 0. The summed E-state index contributed by atoms with van der Waals surface area (Å²) in [5.41, 5.74) is 1.05. The van der Waals surface area contributed by atoms with Crippen LogP contribution in [0.25, 0.3) is 0 Å². The lowest BCUT2D eigenvalue weighted by Gasteiger charge is -2.10. The summed E-state index contributed by atoms with van der Waals surface area (Å²) < 4.78 is 0. The quantitative estimate of drug-likeness (QED) is 0.536. The highest BCUT2D eigenvalue weighted by Crippen LogP contribution is 2.00. The first kappa shape index (κ1) is 8.79. The molecule has 0 atom stereocenters. The number of hydrogen-bond donors (Lipinski definition) is 1. The Balaban J connectivity index is 2.48. The molecule has 0 heterocycles. The summed E-state index contributed by atoms with van der Waals surface area (Å²) in [6.07, 6.45) is 5.03. The zero-order valence-electron chi connectivity index (χ0n) is 6.77. The van der Waals surface area contributed by atoms with Gasteiger partial charge in [0, 0.05) is 6.54 Å². The molecule has 0 saturated carbocycles. The third-order valence-corrected chi connectivity index (χ3v) is 1.48.